The minimum atomic E-state index is -0.494. The Morgan fingerprint density at radius 1 is 1.44 bits per heavy atom. The van der Waals surface area contributed by atoms with Crippen LogP contribution >= 0.6 is 0 Å². The van der Waals surface area contributed by atoms with Crippen LogP contribution in [0.5, 0.6) is 0 Å². The summed E-state index contributed by atoms with van der Waals surface area (Å²) >= 11 is 0. The molecule has 1 aliphatic rings. The van der Waals surface area contributed by atoms with E-state index >= 15 is 0 Å². The number of carbonyl (C=O) groups is 1. The molecule has 0 aromatic carbocycles. The number of fused-ring (bicyclic) bond motifs is 1. The van der Waals surface area contributed by atoms with E-state index in [-0.39, 0.29) is 17.2 Å². The summed E-state index contributed by atoms with van der Waals surface area (Å²) in [5, 5.41) is 4.83. The fourth-order valence-corrected chi connectivity index (χ4v) is 1.99. The van der Waals surface area contributed by atoms with Crippen LogP contribution in [0.1, 0.15) is 31.4 Å². The molecule has 2 aromatic heterocycles. The number of hydrogen-bond donors (Lipinski definition) is 3. The first kappa shape index (κ1) is 10.8. The largest absolute Gasteiger partial charge is 0.341 e. The Balaban J connectivity index is 2.28. The van der Waals surface area contributed by atoms with Gasteiger partial charge in [-0.15, -0.1) is 0 Å². The first-order valence-electron chi connectivity index (χ1n) is 5.72. The summed E-state index contributed by atoms with van der Waals surface area (Å²) in [5.74, 6) is 0.00385. The second kappa shape index (κ2) is 3.59. The summed E-state index contributed by atoms with van der Waals surface area (Å²) in [6, 6.07) is 1.48. The lowest BCUT2D eigenvalue weighted by molar-refractivity contribution is -0.114. The van der Waals surface area contributed by atoms with Crippen LogP contribution in [0.3, 0.4) is 0 Å². The number of H-pyrrole nitrogens is 2. The lowest BCUT2D eigenvalue weighted by Crippen LogP contribution is -2.16. The van der Waals surface area contributed by atoms with E-state index in [1.807, 2.05) is 0 Å². The topological polar surface area (TPSA) is 99.2 Å². The van der Waals surface area contributed by atoms with Crippen LogP contribution in [0.4, 0.5) is 5.69 Å². The van der Waals surface area contributed by atoms with Crippen LogP contribution in [-0.4, -0.2) is 20.5 Å². The van der Waals surface area contributed by atoms with Gasteiger partial charge in [0.2, 0.25) is 5.91 Å². The smallest absolute Gasteiger partial charge is 0.290 e. The molecule has 0 atom stereocenters. The fourth-order valence-electron chi connectivity index (χ4n) is 1.99. The maximum atomic E-state index is 11.8. The maximum Gasteiger partial charge on any atom is 0.290 e. The van der Waals surface area contributed by atoms with E-state index in [4.69, 9.17) is 0 Å². The number of aromatic nitrogens is 3. The lowest BCUT2D eigenvalue weighted by Gasteiger charge is -2.02. The van der Waals surface area contributed by atoms with E-state index in [2.05, 4.69) is 15.4 Å². The molecular formula is C11H12N4O3. The zero-order valence-corrected chi connectivity index (χ0v) is 9.74. The average molecular weight is 248 g/mol. The molecule has 18 heavy (non-hydrogen) atoms. The van der Waals surface area contributed by atoms with Crippen LogP contribution in [0.15, 0.2) is 15.7 Å². The summed E-state index contributed by atoms with van der Waals surface area (Å²) in [6.07, 6.45) is 2.08. The molecule has 2 heterocycles. The van der Waals surface area contributed by atoms with Gasteiger partial charge in [-0.05, 0) is 18.8 Å². The predicted octanol–water partition coefficient (Wildman–Crippen LogP) is 0.152. The van der Waals surface area contributed by atoms with Crippen molar-refractivity contribution < 1.29 is 4.79 Å². The van der Waals surface area contributed by atoms with Gasteiger partial charge in [-0.3, -0.25) is 19.5 Å². The second-order valence-corrected chi connectivity index (χ2v) is 4.52. The van der Waals surface area contributed by atoms with E-state index < -0.39 is 5.56 Å². The molecule has 0 aliphatic heterocycles. The third-order valence-corrected chi connectivity index (χ3v) is 2.98. The van der Waals surface area contributed by atoms with Crippen molar-refractivity contribution in [1.29, 1.82) is 0 Å². The normalized spacial score (nSPS) is 14.9. The first-order chi connectivity index (χ1) is 8.56. The van der Waals surface area contributed by atoms with Crippen molar-refractivity contribution >= 4 is 17.2 Å². The Morgan fingerprint density at radius 2 is 2.17 bits per heavy atom. The molecule has 0 spiro atoms. The zero-order valence-electron chi connectivity index (χ0n) is 9.74. The highest BCUT2D eigenvalue weighted by atomic mass is 16.2. The van der Waals surface area contributed by atoms with Gasteiger partial charge in [0.1, 0.15) is 0 Å². The van der Waals surface area contributed by atoms with E-state index in [0.717, 1.165) is 23.1 Å². The zero-order chi connectivity index (χ0) is 12.9. The summed E-state index contributed by atoms with van der Waals surface area (Å²) in [4.78, 5) is 37.6. The highest BCUT2D eigenvalue weighted by Crippen LogP contribution is 2.38. The van der Waals surface area contributed by atoms with Crippen molar-refractivity contribution in [2.24, 2.45) is 0 Å². The van der Waals surface area contributed by atoms with Gasteiger partial charge < -0.3 is 10.3 Å². The summed E-state index contributed by atoms with van der Waals surface area (Å²) < 4.78 is 1.11. The molecule has 1 saturated carbocycles. The lowest BCUT2D eigenvalue weighted by atomic mass is 10.3. The molecule has 0 bridgehead atoms. The van der Waals surface area contributed by atoms with Gasteiger partial charge in [-0.1, -0.05) is 0 Å². The average Bonchev–Trinajstić information content (AvgIpc) is 3.08. The van der Waals surface area contributed by atoms with E-state index in [1.165, 1.54) is 13.0 Å². The molecule has 7 nitrogen and oxygen atoms in total. The minimum Gasteiger partial charge on any atom is -0.341 e. The number of aromatic amines is 2. The number of hydrogen-bond acceptors (Lipinski definition) is 3. The number of rotatable bonds is 2. The Bertz CT molecular complexity index is 748. The van der Waals surface area contributed by atoms with Gasteiger partial charge >= 0.3 is 0 Å². The van der Waals surface area contributed by atoms with Gasteiger partial charge in [-0.25, -0.2) is 0 Å². The van der Waals surface area contributed by atoms with Crippen molar-refractivity contribution in [2.45, 2.75) is 25.7 Å². The van der Waals surface area contributed by atoms with Crippen molar-refractivity contribution in [1.82, 2.24) is 14.6 Å². The molecule has 7 heteroatoms. The van der Waals surface area contributed by atoms with E-state index in [1.54, 1.807) is 0 Å². The number of amides is 1. The van der Waals surface area contributed by atoms with Crippen LogP contribution in [-0.2, 0) is 4.79 Å². The van der Waals surface area contributed by atoms with Gasteiger partial charge in [0.15, 0.2) is 11.3 Å². The molecule has 1 amide bonds. The minimum absolute atomic E-state index is 0.0853. The molecule has 0 unspecified atom stereocenters. The van der Waals surface area contributed by atoms with Gasteiger partial charge in [0, 0.05) is 18.7 Å². The summed E-state index contributed by atoms with van der Waals surface area (Å²) in [5.41, 5.74) is 0.406. The van der Waals surface area contributed by atoms with Gasteiger partial charge in [0.05, 0.1) is 0 Å². The molecule has 0 radical (unpaired) electrons. The fraction of sp³-hybridized carbons (Fsp3) is 0.364. The molecule has 3 rings (SSSR count). The molecule has 0 saturated heterocycles. The standard InChI is InChI=1S/C11H12N4O3/c1-5(16)12-9-10-13-7(6-2-3-6)4-8(17)15(10)14-11(9)18/h4,6,13H,2-3H2,1H3,(H,12,16)(H,14,18). The SMILES string of the molecule is CC(=O)Nc1c(=O)[nH]n2c(=O)cc(C3CC3)[nH]c12. The predicted molar refractivity (Wildman–Crippen MR) is 64.9 cm³/mol. The number of anilines is 1. The highest BCUT2D eigenvalue weighted by molar-refractivity contribution is 5.92. The Kier molecular flexibility index (Phi) is 2.16. The van der Waals surface area contributed by atoms with Crippen molar-refractivity contribution in [3.63, 3.8) is 0 Å². The quantitative estimate of drug-likeness (QED) is 0.705. The molecule has 3 N–H and O–H groups in total. The van der Waals surface area contributed by atoms with Gasteiger partial charge in [-0.2, -0.15) is 4.52 Å². The van der Waals surface area contributed by atoms with Crippen LogP contribution < -0.4 is 16.4 Å². The Morgan fingerprint density at radius 3 is 2.78 bits per heavy atom. The molecule has 1 aliphatic carbocycles. The number of carbonyl (C=O) groups excluding carboxylic acids is 1. The highest BCUT2D eigenvalue weighted by Gasteiger charge is 2.26. The number of nitrogens with zero attached hydrogens (tertiary/aromatic N) is 1. The Labute approximate surface area is 101 Å². The molecule has 1 fully saturated rings. The third kappa shape index (κ3) is 1.64. The van der Waals surface area contributed by atoms with Crippen LogP contribution in [0.2, 0.25) is 0 Å². The monoisotopic (exact) mass is 248 g/mol. The molecule has 2 aromatic rings. The van der Waals surface area contributed by atoms with Crippen molar-refractivity contribution in [3.8, 4) is 0 Å². The molecule has 94 valence electrons. The maximum absolute atomic E-state index is 11.8. The van der Waals surface area contributed by atoms with Crippen LogP contribution in [0, 0.1) is 0 Å². The van der Waals surface area contributed by atoms with Crippen LogP contribution in [0.25, 0.3) is 5.65 Å². The van der Waals surface area contributed by atoms with E-state index in [0.29, 0.717) is 11.6 Å². The molecular weight excluding hydrogens is 236 g/mol. The summed E-state index contributed by atoms with van der Waals surface area (Å²) in [7, 11) is 0. The number of nitrogens with one attached hydrogen (secondary N) is 3. The van der Waals surface area contributed by atoms with Crippen molar-refractivity contribution in [3.05, 3.63) is 32.5 Å². The van der Waals surface area contributed by atoms with Crippen molar-refractivity contribution in [2.75, 3.05) is 5.32 Å². The second-order valence-electron chi connectivity index (χ2n) is 4.52. The third-order valence-electron chi connectivity index (χ3n) is 2.98. The summed E-state index contributed by atoms with van der Waals surface area (Å²) in [6.45, 7) is 1.31. The van der Waals surface area contributed by atoms with E-state index in [9.17, 15) is 14.4 Å². The Hall–Kier alpha value is -2.31. The first-order valence-corrected chi connectivity index (χ1v) is 5.72. The van der Waals surface area contributed by atoms with Gasteiger partial charge in [0.25, 0.3) is 11.1 Å².